The fourth-order valence-electron chi connectivity index (χ4n) is 3.62. The molecular weight excluding hydrogens is 380 g/mol. The molecule has 0 fully saturated rings. The topological polar surface area (TPSA) is 76.0 Å². The van der Waals surface area contributed by atoms with E-state index in [1.807, 2.05) is 31.2 Å². The number of methoxy groups -OCH3 is 1. The number of para-hydroxylation sites is 1. The van der Waals surface area contributed by atoms with Crippen LogP contribution in [0.4, 0.5) is 0 Å². The normalized spacial score (nSPS) is 20.7. The fraction of sp³-hybridized carbons (Fsp3) is 0.560. The van der Waals surface area contributed by atoms with Gasteiger partial charge in [-0.2, -0.15) is 0 Å². The van der Waals surface area contributed by atoms with Gasteiger partial charge in [0.05, 0.1) is 25.9 Å². The number of carbonyl (C=O) groups excluding carboxylic acids is 1. The van der Waals surface area contributed by atoms with Crippen molar-refractivity contribution in [2.24, 2.45) is 11.8 Å². The van der Waals surface area contributed by atoms with Gasteiger partial charge >= 0.3 is 5.97 Å². The summed E-state index contributed by atoms with van der Waals surface area (Å²) in [6.07, 6.45) is 6.20. The first kappa shape index (κ1) is 24.0. The molecular formula is C25H34O5. The Hall–Kier alpha value is -2.29. The van der Waals surface area contributed by atoms with Crippen LogP contribution in [0.3, 0.4) is 0 Å². The molecule has 1 aliphatic rings. The fourth-order valence-corrected chi connectivity index (χ4v) is 3.62. The number of hydrogen-bond acceptors (Lipinski definition) is 5. The van der Waals surface area contributed by atoms with E-state index in [1.165, 1.54) is 7.11 Å². The molecule has 0 saturated heterocycles. The summed E-state index contributed by atoms with van der Waals surface area (Å²) < 4.78 is 10.7. The van der Waals surface area contributed by atoms with Crippen LogP contribution in [0.1, 0.15) is 50.7 Å². The third-order valence-corrected chi connectivity index (χ3v) is 5.58. The molecule has 0 bridgehead atoms. The van der Waals surface area contributed by atoms with Crippen LogP contribution in [-0.4, -0.2) is 42.1 Å². The van der Waals surface area contributed by atoms with E-state index in [9.17, 15) is 15.0 Å². The van der Waals surface area contributed by atoms with Crippen LogP contribution < -0.4 is 4.74 Å². The molecule has 4 atom stereocenters. The molecule has 2 N–H and O–H groups in total. The maximum Gasteiger partial charge on any atom is 0.305 e. The minimum absolute atomic E-state index is 0.0384. The van der Waals surface area contributed by atoms with E-state index < -0.39 is 12.2 Å². The number of ether oxygens (including phenoxy) is 2. The number of aliphatic hydroxyl groups is 2. The third-order valence-electron chi connectivity index (χ3n) is 5.58. The lowest BCUT2D eigenvalue weighted by Gasteiger charge is -2.27. The highest BCUT2D eigenvalue weighted by molar-refractivity contribution is 5.69. The largest absolute Gasteiger partial charge is 0.493 e. The van der Waals surface area contributed by atoms with Crippen molar-refractivity contribution in [2.45, 2.75) is 64.6 Å². The summed E-state index contributed by atoms with van der Waals surface area (Å²) in [4.78, 5) is 11.4. The lowest BCUT2D eigenvalue weighted by molar-refractivity contribution is -0.140. The molecule has 1 aliphatic heterocycles. The van der Waals surface area contributed by atoms with Crippen molar-refractivity contribution >= 4 is 5.97 Å². The Kier molecular flexibility index (Phi) is 9.93. The molecule has 0 radical (unpaired) electrons. The molecule has 5 heteroatoms. The number of hydrogen-bond donors (Lipinski definition) is 2. The van der Waals surface area contributed by atoms with Crippen LogP contribution >= 0.6 is 0 Å². The Balaban J connectivity index is 2.12. The molecule has 0 spiro atoms. The average Bonchev–Trinajstić information content (AvgIpc) is 2.74. The van der Waals surface area contributed by atoms with Crippen LogP contribution in [0, 0.1) is 23.7 Å². The van der Waals surface area contributed by atoms with Gasteiger partial charge in [-0.15, -0.1) is 11.8 Å². The Labute approximate surface area is 180 Å². The van der Waals surface area contributed by atoms with E-state index in [1.54, 1.807) is 13.0 Å². The molecule has 1 heterocycles. The van der Waals surface area contributed by atoms with Gasteiger partial charge < -0.3 is 19.7 Å². The summed E-state index contributed by atoms with van der Waals surface area (Å²) in [5, 5.41) is 21.0. The Morgan fingerprint density at radius 1 is 1.43 bits per heavy atom. The maximum absolute atomic E-state index is 11.4. The smallest absolute Gasteiger partial charge is 0.305 e. The van der Waals surface area contributed by atoms with Crippen molar-refractivity contribution in [1.29, 1.82) is 0 Å². The van der Waals surface area contributed by atoms with Gasteiger partial charge in [0, 0.05) is 25.2 Å². The van der Waals surface area contributed by atoms with E-state index in [-0.39, 0.29) is 17.8 Å². The summed E-state index contributed by atoms with van der Waals surface area (Å²) in [6, 6.07) is 6.04. The van der Waals surface area contributed by atoms with Gasteiger partial charge in [0.15, 0.2) is 0 Å². The lowest BCUT2D eigenvalue weighted by atomic mass is 9.88. The summed E-state index contributed by atoms with van der Waals surface area (Å²) in [7, 11) is 1.40. The quantitative estimate of drug-likeness (QED) is 0.387. The van der Waals surface area contributed by atoms with Gasteiger partial charge in [-0.25, -0.2) is 0 Å². The number of fused-ring (bicyclic) bond motifs is 1. The zero-order valence-electron chi connectivity index (χ0n) is 18.3. The number of aryl methyl sites for hydroxylation is 1. The van der Waals surface area contributed by atoms with Gasteiger partial charge in [-0.05, 0) is 43.2 Å². The van der Waals surface area contributed by atoms with Crippen molar-refractivity contribution in [3.05, 3.63) is 41.5 Å². The van der Waals surface area contributed by atoms with Crippen molar-refractivity contribution in [1.82, 2.24) is 0 Å². The van der Waals surface area contributed by atoms with E-state index >= 15 is 0 Å². The highest BCUT2D eigenvalue weighted by Crippen LogP contribution is 2.32. The van der Waals surface area contributed by atoms with Crippen LogP contribution in [0.15, 0.2) is 30.4 Å². The Morgan fingerprint density at radius 3 is 2.97 bits per heavy atom. The second-order valence-corrected chi connectivity index (χ2v) is 7.89. The Bertz CT molecular complexity index is 773. The Morgan fingerprint density at radius 2 is 2.23 bits per heavy atom. The van der Waals surface area contributed by atoms with Gasteiger partial charge in [-0.1, -0.05) is 37.3 Å². The molecule has 1 aromatic rings. The average molecular weight is 415 g/mol. The zero-order chi connectivity index (χ0) is 21.9. The van der Waals surface area contributed by atoms with Crippen molar-refractivity contribution in [2.75, 3.05) is 13.7 Å². The SMILES string of the molecule is CC#CC[C@H](C)[C@H](O)/C=C/[C@@H]1Cc2cccc(CCCC(=O)OC)c2OCC[C@H]1O. The second-order valence-electron chi connectivity index (χ2n) is 7.89. The lowest BCUT2D eigenvalue weighted by Crippen LogP contribution is -2.27. The van der Waals surface area contributed by atoms with Crippen molar-refractivity contribution < 1.29 is 24.5 Å². The highest BCUT2D eigenvalue weighted by atomic mass is 16.5. The first-order valence-corrected chi connectivity index (χ1v) is 10.7. The van der Waals surface area contributed by atoms with Crippen LogP contribution in [0.5, 0.6) is 5.75 Å². The molecule has 0 amide bonds. The predicted octanol–water partition coefficient (Wildman–Crippen LogP) is 3.45. The van der Waals surface area contributed by atoms with Crippen LogP contribution in [0.25, 0.3) is 0 Å². The standard InChI is InChI=1S/C25H34O5/c1-4-5-8-18(2)22(26)14-13-20-17-21-11-6-9-19(10-7-12-24(28)29-3)25(21)30-16-15-23(20)27/h6,9,11,13-14,18,20,22-23,26-27H,7-8,10,12,15-17H2,1-3H3/b14-13+/t18-,20+,22+,23+/m0/s1. The molecule has 0 unspecified atom stereocenters. The van der Waals surface area contributed by atoms with Gasteiger partial charge in [0.1, 0.15) is 5.75 Å². The second kappa shape index (κ2) is 12.4. The molecule has 30 heavy (non-hydrogen) atoms. The number of benzene rings is 1. The molecule has 0 saturated carbocycles. The number of aliphatic hydroxyl groups excluding tert-OH is 2. The molecule has 5 nitrogen and oxygen atoms in total. The summed E-state index contributed by atoms with van der Waals surface area (Å²) in [5.74, 6) is 6.45. The van der Waals surface area contributed by atoms with Gasteiger partial charge in [0.2, 0.25) is 0 Å². The van der Waals surface area contributed by atoms with Crippen LogP contribution in [-0.2, 0) is 22.4 Å². The number of carbonyl (C=O) groups is 1. The van der Waals surface area contributed by atoms with Crippen molar-refractivity contribution in [3.63, 3.8) is 0 Å². The number of rotatable bonds is 8. The zero-order valence-corrected chi connectivity index (χ0v) is 18.3. The molecule has 164 valence electrons. The third kappa shape index (κ3) is 7.19. The summed E-state index contributed by atoms with van der Waals surface area (Å²) >= 11 is 0. The summed E-state index contributed by atoms with van der Waals surface area (Å²) in [6.45, 7) is 4.19. The van der Waals surface area contributed by atoms with Gasteiger partial charge in [-0.3, -0.25) is 4.79 Å². The van der Waals surface area contributed by atoms with E-state index in [4.69, 9.17) is 9.47 Å². The molecule has 1 aromatic carbocycles. The number of esters is 1. The molecule has 0 aromatic heterocycles. The molecule has 0 aliphatic carbocycles. The maximum atomic E-state index is 11.4. The van der Waals surface area contributed by atoms with E-state index in [2.05, 4.69) is 11.8 Å². The van der Waals surface area contributed by atoms with Crippen molar-refractivity contribution in [3.8, 4) is 17.6 Å². The van der Waals surface area contributed by atoms with E-state index in [0.29, 0.717) is 38.7 Å². The first-order chi connectivity index (χ1) is 14.5. The minimum atomic E-state index is -0.594. The first-order valence-electron chi connectivity index (χ1n) is 10.7. The van der Waals surface area contributed by atoms with Gasteiger partial charge in [0.25, 0.3) is 0 Å². The van der Waals surface area contributed by atoms with E-state index in [0.717, 1.165) is 23.3 Å². The highest BCUT2D eigenvalue weighted by Gasteiger charge is 2.24. The summed E-state index contributed by atoms with van der Waals surface area (Å²) in [5.41, 5.74) is 2.11. The minimum Gasteiger partial charge on any atom is -0.493 e. The monoisotopic (exact) mass is 414 g/mol. The predicted molar refractivity (Wildman–Crippen MR) is 117 cm³/mol. The molecule has 2 rings (SSSR count). The van der Waals surface area contributed by atoms with Crippen LogP contribution in [0.2, 0.25) is 0 Å².